The first-order chi connectivity index (χ1) is 14.4. The summed E-state index contributed by atoms with van der Waals surface area (Å²) in [4.78, 5) is 12.6. The number of amides is 1. The van der Waals surface area contributed by atoms with Gasteiger partial charge in [0, 0.05) is 30.8 Å². The van der Waals surface area contributed by atoms with Crippen LogP contribution >= 0.6 is 0 Å². The molecule has 3 aromatic carbocycles. The molecule has 3 aromatic rings. The number of nitrogens with one attached hydrogen (secondary N) is 1. The van der Waals surface area contributed by atoms with Gasteiger partial charge in [-0.05, 0) is 35.9 Å². The highest BCUT2D eigenvalue weighted by atomic mass is 32.2. The number of hydrogen-bond acceptors (Lipinski definition) is 3. The van der Waals surface area contributed by atoms with Crippen LogP contribution in [0, 0.1) is 5.82 Å². The molecule has 0 atom stereocenters. The summed E-state index contributed by atoms with van der Waals surface area (Å²) in [5.74, 6) is -0.693. The lowest BCUT2D eigenvalue weighted by atomic mass is 10.1. The quantitative estimate of drug-likeness (QED) is 0.593. The van der Waals surface area contributed by atoms with Crippen molar-refractivity contribution in [3.05, 3.63) is 101 Å². The molecular weight excluding hydrogens is 403 g/mol. The van der Waals surface area contributed by atoms with Crippen LogP contribution in [-0.2, 0) is 23.1 Å². The first-order valence-electron chi connectivity index (χ1n) is 9.57. The number of nitrogens with zero attached hydrogens (tertiary/aromatic N) is 1. The van der Waals surface area contributed by atoms with Crippen LogP contribution in [0.4, 0.5) is 4.39 Å². The maximum Gasteiger partial charge on any atom is 0.251 e. The highest BCUT2D eigenvalue weighted by Gasteiger charge is 2.22. The summed E-state index contributed by atoms with van der Waals surface area (Å²) >= 11 is 0. The lowest BCUT2D eigenvalue weighted by molar-refractivity contribution is 0.0950. The summed E-state index contributed by atoms with van der Waals surface area (Å²) in [7, 11) is -3.60. The van der Waals surface area contributed by atoms with Gasteiger partial charge in [-0.25, -0.2) is 12.8 Å². The number of carbonyl (C=O) groups excluding carboxylic acids is 1. The Kier molecular flexibility index (Phi) is 6.97. The van der Waals surface area contributed by atoms with E-state index in [0.717, 1.165) is 5.56 Å². The summed E-state index contributed by atoms with van der Waals surface area (Å²) in [6.45, 7) is 2.39. The molecule has 0 fully saturated rings. The van der Waals surface area contributed by atoms with Crippen molar-refractivity contribution >= 4 is 15.9 Å². The molecule has 0 radical (unpaired) electrons. The van der Waals surface area contributed by atoms with E-state index >= 15 is 0 Å². The summed E-state index contributed by atoms with van der Waals surface area (Å²) in [5, 5.41) is 2.69. The highest BCUT2D eigenvalue weighted by Crippen LogP contribution is 2.18. The van der Waals surface area contributed by atoms with Crippen LogP contribution in [-0.4, -0.2) is 25.2 Å². The Hall–Kier alpha value is -3.03. The molecule has 1 amide bonds. The number of carbonyl (C=O) groups is 1. The number of benzene rings is 3. The van der Waals surface area contributed by atoms with Gasteiger partial charge in [-0.2, -0.15) is 4.31 Å². The van der Waals surface area contributed by atoms with Crippen LogP contribution < -0.4 is 5.32 Å². The Morgan fingerprint density at radius 3 is 2.20 bits per heavy atom. The van der Waals surface area contributed by atoms with Crippen molar-refractivity contribution < 1.29 is 17.6 Å². The number of hydrogen-bond donors (Lipinski definition) is 1. The Bertz CT molecular complexity index is 1100. The Labute approximate surface area is 176 Å². The lowest BCUT2D eigenvalue weighted by Crippen LogP contribution is -2.30. The molecule has 30 heavy (non-hydrogen) atoms. The van der Waals surface area contributed by atoms with Gasteiger partial charge < -0.3 is 5.32 Å². The average Bonchev–Trinajstić information content (AvgIpc) is 2.77. The van der Waals surface area contributed by atoms with E-state index in [1.165, 1.54) is 10.4 Å². The van der Waals surface area contributed by atoms with Gasteiger partial charge in [0.25, 0.3) is 5.91 Å². The predicted octanol–water partition coefficient (Wildman–Crippen LogP) is 3.97. The van der Waals surface area contributed by atoms with Crippen molar-refractivity contribution in [2.24, 2.45) is 0 Å². The SMILES string of the molecule is CCN(Cc1ccc(C(=O)NCc2ccccc2F)cc1)S(=O)(=O)c1ccccc1. The highest BCUT2D eigenvalue weighted by molar-refractivity contribution is 7.89. The molecule has 0 aromatic heterocycles. The van der Waals surface area contributed by atoms with E-state index in [0.29, 0.717) is 17.7 Å². The molecule has 1 N–H and O–H groups in total. The Balaban J connectivity index is 1.66. The Morgan fingerprint density at radius 2 is 1.57 bits per heavy atom. The van der Waals surface area contributed by atoms with Gasteiger partial charge in [-0.1, -0.05) is 55.5 Å². The third-order valence-electron chi connectivity index (χ3n) is 4.71. The molecule has 0 saturated heterocycles. The van der Waals surface area contributed by atoms with Crippen molar-refractivity contribution in [2.75, 3.05) is 6.54 Å². The normalized spacial score (nSPS) is 11.4. The largest absolute Gasteiger partial charge is 0.348 e. The molecule has 0 unspecified atom stereocenters. The molecule has 0 aliphatic rings. The second-order valence-corrected chi connectivity index (χ2v) is 8.65. The molecule has 0 aliphatic carbocycles. The first kappa shape index (κ1) is 21.7. The number of rotatable bonds is 8. The fourth-order valence-corrected chi connectivity index (χ4v) is 4.45. The van der Waals surface area contributed by atoms with Gasteiger partial charge in [-0.15, -0.1) is 0 Å². The molecule has 0 bridgehead atoms. The maximum atomic E-state index is 13.7. The van der Waals surface area contributed by atoms with E-state index in [2.05, 4.69) is 5.32 Å². The fraction of sp³-hybridized carbons (Fsp3) is 0.174. The van der Waals surface area contributed by atoms with Crippen LogP contribution in [0.15, 0.2) is 83.8 Å². The van der Waals surface area contributed by atoms with Crippen molar-refractivity contribution in [2.45, 2.75) is 24.9 Å². The maximum absolute atomic E-state index is 13.7. The van der Waals surface area contributed by atoms with Crippen LogP contribution in [0.1, 0.15) is 28.4 Å². The van der Waals surface area contributed by atoms with E-state index in [9.17, 15) is 17.6 Å². The third kappa shape index (κ3) is 5.11. The fourth-order valence-electron chi connectivity index (χ4n) is 2.99. The van der Waals surface area contributed by atoms with Gasteiger partial charge >= 0.3 is 0 Å². The second kappa shape index (κ2) is 9.65. The van der Waals surface area contributed by atoms with E-state index in [1.54, 1.807) is 79.7 Å². The van der Waals surface area contributed by atoms with E-state index < -0.39 is 10.0 Å². The zero-order valence-corrected chi connectivity index (χ0v) is 17.4. The van der Waals surface area contributed by atoms with Crippen molar-refractivity contribution in [1.82, 2.24) is 9.62 Å². The molecule has 3 rings (SSSR count). The summed E-state index contributed by atoms with van der Waals surface area (Å²) in [6.07, 6.45) is 0. The number of halogens is 1. The van der Waals surface area contributed by atoms with Gasteiger partial charge in [0.15, 0.2) is 0 Å². The molecule has 7 heteroatoms. The lowest BCUT2D eigenvalue weighted by Gasteiger charge is -2.20. The van der Waals surface area contributed by atoms with E-state index in [-0.39, 0.29) is 29.7 Å². The van der Waals surface area contributed by atoms with E-state index in [4.69, 9.17) is 0 Å². The topological polar surface area (TPSA) is 66.5 Å². The zero-order valence-electron chi connectivity index (χ0n) is 16.6. The standard InChI is InChI=1S/C23H23FN2O3S/c1-2-26(30(28,29)21-9-4-3-5-10-21)17-18-12-14-19(15-13-18)23(27)25-16-20-8-6-7-11-22(20)24/h3-15H,2,16-17H2,1H3,(H,25,27). The minimum Gasteiger partial charge on any atom is -0.348 e. The molecular formula is C23H23FN2O3S. The molecule has 0 saturated carbocycles. The van der Waals surface area contributed by atoms with Gasteiger partial charge in [-0.3, -0.25) is 4.79 Å². The number of sulfonamides is 1. The summed E-state index contributed by atoms with van der Waals surface area (Å²) in [6, 6.07) is 21.3. The smallest absolute Gasteiger partial charge is 0.251 e. The molecule has 0 heterocycles. The van der Waals surface area contributed by atoms with E-state index in [1.807, 2.05) is 0 Å². The molecule has 0 spiro atoms. The Morgan fingerprint density at radius 1 is 0.933 bits per heavy atom. The predicted molar refractivity (Wildman–Crippen MR) is 114 cm³/mol. The van der Waals surface area contributed by atoms with Crippen molar-refractivity contribution in [1.29, 1.82) is 0 Å². The minimum absolute atomic E-state index is 0.0895. The van der Waals surface area contributed by atoms with Gasteiger partial charge in [0.2, 0.25) is 10.0 Å². The van der Waals surface area contributed by atoms with Crippen LogP contribution in [0.5, 0.6) is 0 Å². The van der Waals surface area contributed by atoms with Crippen LogP contribution in [0.25, 0.3) is 0 Å². The van der Waals surface area contributed by atoms with Crippen LogP contribution in [0.3, 0.4) is 0 Å². The second-order valence-electron chi connectivity index (χ2n) is 6.72. The first-order valence-corrected chi connectivity index (χ1v) is 11.0. The molecule has 156 valence electrons. The van der Waals surface area contributed by atoms with Gasteiger partial charge in [0.1, 0.15) is 5.82 Å². The van der Waals surface area contributed by atoms with Crippen molar-refractivity contribution in [3.8, 4) is 0 Å². The zero-order chi connectivity index (χ0) is 21.6. The minimum atomic E-state index is -3.60. The molecule has 5 nitrogen and oxygen atoms in total. The summed E-state index contributed by atoms with van der Waals surface area (Å²) < 4.78 is 40.7. The third-order valence-corrected chi connectivity index (χ3v) is 6.64. The van der Waals surface area contributed by atoms with Crippen molar-refractivity contribution in [3.63, 3.8) is 0 Å². The average molecular weight is 427 g/mol. The summed E-state index contributed by atoms with van der Waals surface area (Å²) in [5.41, 5.74) is 1.60. The van der Waals surface area contributed by atoms with Crippen LogP contribution in [0.2, 0.25) is 0 Å². The van der Waals surface area contributed by atoms with Gasteiger partial charge in [0.05, 0.1) is 4.90 Å². The monoisotopic (exact) mass is 426 g/mol. The molecule has 0 aliphatic heterocycles.